The molecule has 4 aromatic rings. The van der Waals surface area contributed by atoms with Crippen LogP contribution in [0.3, 0.4) is 0 Å². The van der Waals surface area contributed by atoms with Gasteiger partial charge in [-0.2, -0.15) is 5.10 Å². The highest BCUT2D eigenvalue weighted by molar-refractivity contribution is 5.96. The minimum absolute atomic E-state index is 1.05. The van der Waals surface area contributed by atoms with Crippen LogP contribution in [0.25, 0.3) is 21.8 Å². The van der Waals surface area contributed by atoms with E-state index in [2.05, 4.69) is 58.0 Å². The van der Waals surface area contributed by atoms with E-state index < -0.39 is 0 Å². The van der Waals surface area contributed by atoms with Gasteiger partial charge in [-0.3, -0.25) is 10.1 Å². The number of hydrogen-bond acceptors (Lipinski definition) is 3. The van der Waals surface area contributed by atoms with Gasteiger partial charge in [0, 0.05) is 22.2 Å². The maximum atomic E-state index is 4.84. The van der Waals surface area contributed by atoms with Crippen molar-refractivity contribution in [1.29, 1.82) is 0 Å². The summed E-state index contributed by atoms with van der Waals surface area (Å²) in [6.07, 6.45) is 5.21. The van der Waals surface area contributed by atoms with Gasteiger partial charge >= 0.3 is 0 Å². The Bertz CT molecular complexity index is 1030. The van der Waals surface area contributed by atoms with Crippen LogP contribution in [-0.2, 0) is 12.8 Å². The second-order valence-corrected chi connectivity index (χ2v) is 6.08. The third kappa shape index (κ3) is 1.99. The van der Waals surface area contributed by atoms with Gasteiger partial charge in [-0.25, -0.2) is 0 Å². The van der Waals surface area contributed by atoms with Gasteiger partial charge in [0.1, 0.15) is 0 Å². The van der Waals surface area contributed by atoms with E-state index in [1.165, 1.54) is 28.8 Å². The molecular formula is C19H16N4. The first-order valence-corrected chi connectivity index (χ1v) is 7.99. The summed E-state index contributed by atoms with van der Waals surface area (Å²) in [5.74, 6) is 0. The molecule has 1 aliphatic carbocycles. The lowest BCUT2D eigenvalue weighted by Crippen LogP contribution is -1.99. The van der Waals surface area contributed by atoms with Crippen molar-refractivity contribution < 1.29 is 0 Å². The molecule has 2 heterocycles. The van der Waals surface area contributed by atoms with Crippen LogP contribution in [0, 0.1) is 0 Å². The largest absolute Gasteiger partial charge is 0.355 e. The Labute approximate surface area is 133 Å². The Balaban J connectivity index is 1.69. The van der Waals surface area contributed by atoms with Gasteiger partial charge in [0.25, 0.3) is 0 Å². The molecule has 0 radical (unpaired) electrons. The summed E-state index contributed by atoms with van der Waals surface area (Å²) in [7, 11) is 0. The number of fused-ring (bicyclic) bond motifs is 3. The summed E-state index contributed by atoms with van der Waals surface area (Å²) in [6, 6.07) is 14.7. The Hall–Kier alpha value is -2.88. The lowest BCUT2D eigenvalue weighted by Gasteiger charge is -2.14. The summed E-state index contributed by atoms with van der Waals surface area (Å²) >= 11 is 0. The van der Waals surface area contributed by atoms with Crippen LogP contribution in [0.1, 0.15) is 17.7 Å². The van der Waals surface area contributed by atoms with Crippen molar-refractivity contribution in [3.05, 3.63) is 59.9 Å². The fourth-order valence-corrected chi connectivity index (χ4v) is 3.51. The number of aromatic nitrogens is 3. The molecule has 0 amide bonds. The van der Waals surface area contributed by atoms with Gasteiger partial charge in [0.15, 0.2) is 0 Å². The molecular weight excluding hydrogens is 284 g/mol. The molecule has 1 aliphatic rings. The van der Waals surface area contributed by atoms with Crippen LogP contribution in [0.5, 0.6) is 0 Å². The van der Waals surface area contributed by atoms with Crippen molar-refractivity contribution in [3.63, 3.8) is 0 Å². The Kier molecular flexibility index (Phi) is 2.65. The molecule has 23 heavy (non-hydrogen) atoms. The SMILES string of the molecule is c1ccc2c(Nc3ccc4cn[nH]c4c3)c3c(nc2c1)CCC3. The number of nitrogens with zero attached hydrogens (tertiary/aromatic N) is 2. The maximum Gasteiger partial charge on any atom is 0.0726 e. The van der Waals surface area contributed by atoms with Gasteiger partial charge in [-0.1, -0.05) is 18.2 Å². The molecule has 5 rings (SSSR count). The number of benzene rings is 2. The molecule has 2 aromatic carbocycles. The van der Waals surface area contributed by atoms with Gasteiger partial charge in [0.05, 0.1) is 22.9 Å². The lowest BCUT2D eigenvalue weighted by atomic mass is 10.1. The van der Waals surface area contributed by atoms with E-state index in [1.807, 2.05) is 6.20 Å². The number of pyridine rings is 1. The molecule has 0 bridgehead atoms. The molecule has 112 valence electrons. The average molecular weight is 300 g/mol. The number of H-pyrrole nitrogens is 1. The highest BCUT2D eigenvalue weighted by atomic mass is 15.1. The quantitative estimate of drug-likeness (QED) is 0.579. The monoisotopic (exact) mass is 300 g/mol. The van der Waals surface area contributed by atoms with Crippen LogP contribution in [0.2, 0.25) is 0 Å². The van der Waals surface area contributed by atoms with Crippen LogP contribution in [0.15, 0.2) is 48.7 Å². The van der Waals surface area contributed by atoms with Crippen molar-refractivity contribution in [1.82, 2.24) is 15.2 Å². The minimum atomic E-state index is 1.05. The molecule has 0 spiro atoms. The van der Waals surface area contributed by atoms with Crippen molar-refractivity contribution in [2.24, 2.45) is 0 Å². The Morgan fingerprint density at radius 3 is 3.00 bits per heavy atom. The molecule has 2 aromatic heterocycles. The zero-order chi connectivity index (χ0) is 15.2. The van der Waals surface area contributed by atoms with E-state index in [0.717, 1.165) is 34.9 Å². The normalized spacial score (nSPS) is 13.6. The predicted molar refractivity (Wildman–Crippen MR) is 93.1 cm³/mol. The first-order chi connectivity index (χ1) is 11.4. The lowest BCUT2D eigenvalue weighted by molar-refractivity contribution is 0.901. The average Bonchev–Trinajstić information content (AvgIpc) is 3.22. The third-order valence-corrected chi connectivity index (χ3v) is 4.63. The standard InChI is InChI=1S/C19H16N4/c1-2-6-16-14(4-1)19(15-5-3-7-17(15)22-16)21-13-9-8-12-11-20-23-18(12)10-13/h1-2,4,6,8-11H,3,5,7H2,(H,20,23)(H,21,22). The summed E-state index contributed by atoms with van der Waals surface area (Å²) < 4.78 is 0. The first kappa shape index (κ1) is 12.6. The van der Waals surface area contributed by atoms with Crippen LogP contribution >= 0.6 is 0 Å². The molecule has 0 atom stereocenters. The second-order valence-electron chi connectivity index (χ2n) is 6.08. The Morgan fingerprint density at radius 2 is 2.00 bits per heavy atom. The van der Waals surface area contributed by atoms with E-state index in [4.69, 9.17) is 4.98 Å². The predicted octanol–water partition coefficient (Wildman–Crippen LogP) is 4.34. The van der Waals surface area contributed by atoms with E-state index in [-0.39, 0.29) is 0 Å². The van der Waals surface area contributed by atoms with E-state index >= 15 is 0 Å². The number of aromatic amines is 1. The molecule has 0 saturated heterocycles. The molecule has 0 aliphatic heterocycles. The van der Waals surface area contributed by atoms with Crippen molar-refractivity contribution in [3.8, 4) is 0 Å². The summed E-state index contributed by atoms with van der Waals surface area (Å²) in [5, 5.41) is 13.1. The molecule has 0 fully saturated rings. The fourth-order valence-electron chi connectivity index (χ4n) is 3.51. The number of hydrogen-bond donors (Lipinski definition) is 2. The molecule has 2 N–H and O–H groups in total. The van der Waals surface area contributed by atoms with Crippen molar-refractivity contribution in [2.45, 2.75) is 19.3 Å². The molecule has 0 saturated carbocycles. The van der Waals surface area contributed by atoms with Crippen LogP contribution in [0.4, 0.5) is 11.4 Å². The van der Waals surface area contributed by atoms with E-state index in [0.29, 0.717) is 0 Å². The number of aryl methyl sites for hydroxylation is 1. The van der Waals surface area contributed by atoms with Gasteiger partial charge in [-0.15, -0.1) is 0 Å². The Morgan fingerprint density at radius 1 is 1.04 bits per heavy atom. The molecule has 4 heteroatoms. The second kappa shape index (κ2) is 4.81. The third-order valence-electron chi connectivity index (χ3n) is 4.63. The van der Waals surface area contributed by atoms with Gasteiger partial charge in [-0.05, 0) is 49.1 Å². The summed E-state index contributed by atoms with van der Waals surface area (Å²) in [5.41, 5.74) is 7.01. The molecule has 4 nitrogen and oxygen atoms in total. The van der Waals surface area contributed by atoms with Crippen LogP contribution < -0.4 is 5.32 Å². The zero-order valence-electron chi connectivity index (χ0n) is 12.6. The van der Waals surface area contributed by atoms with E-state index in [9.17, 15) is 0 Å². The smallest absolute Gasteiger partial charge is 0.0726 e. The molecule has 0 unspecified atom stereocenters. The van der Waals surface area contributed by atoms with Gasteiger partial charge in [0.2, 0.25) is 0 Å². The highest BCUT2D eigenvalue weighted by Gasteiger charge is 2.19. The number of rotatable bonds is 2. The zero-order valence-corrected chi connectivity index (χ0v) is 12.6. The van der Waals surface area contributed by atoms with Crippen LogP contribution in [-0.4, -0.2) is 15.2 Å². The number of para-hydroxylation sites is 1. The fraction of sp³-hybridized carbons (Fsp3) is 0.158. The maximum absolute atomic E-state index is 4.84. The van der Waals surface area contributed by atoms with Crippen molar-refractivity contribution in [2.75, 3.05) is 5.32 Å². The minimum Gasteiger partial charge on any atom is -0.355 e. The first-order valence-electron chi connectivity index (χ1n) is 7.99. The topological polar surface area (TPSA) is 53.6 Å². The summed E-state index contributed by atoms with van der Waals surface area (Å²) in [4.78, 5) is 4.84. The number of anilines is 2. The van der Waals surface area contributed by atoms with Crippen molar-refractivity contribution >= 4 is 33.2 Å². The highest BCUT2D eigenvalue weighted by Crippen LogP contribution is 2.36. The number of nitrogens with one attached hydrogen (secondary N) is 2. The summed E-state index contributed by atoms with van der Waals surface area (Å²) in [6.45, 7) is 0. The van der Waals surface area contributed by atoms with E-state index in [1.54, 1.807) is 0 Å². The van der Waals surface area contributed by atoms with Gasteiger partial charge < -0.3 is 5.32 Å².